The first-order valence-corrected chi connectivity index (χ1v) is 16.3. The van der Waals surface area contributed by atoms with Crippen LogP contribution in [0.1, 0.15) is 43.7 Å². The third-order valence-electron chi connectivity index (χ3n) is 8.90. The Bertz CT molecular complexity index is 1360. The molecule has 0 spiro atoms. The fraction of sp³-hybridized carbons (Fsp3) is 0.432. The van der Waals surface area contributed by atoms with Crippen LogP contribution in [0.2, 0.25) is 0 Å². The van der Waals surface area contributed by atoms with E-state index in [0.29, 0.717) is 45.6 Å². The molecule has 3 amide bonds. The van der Waals surface area contributed by atoms with Crippen LogP contribution in [0.15, 0.2) is 91.0 Å². The van der Waals surface area contributed by atoms with Crippen molar-refractivity contribution in [1.82, 2.24) is 14.7 Å². The van der Waals surface area contributed by atoms with Gasteiger partial charge in [0.05, 0.1) is 19.1 Å². The van der Waals surface area contributed by atoms with Crippen LogP contribution < -0.4 is 4.90 Å². The van der Waals surface area contributed by atoms with Gasteiger partial charge in [0.1, 0.15) is 6.61 Å². The van der Waals surface area contributed by atoms with E-state index in [1.807, 2.05) is 113 Å². The lowest BCUT2D eigenvalue weighted by Crippen LogP contribution is -2.54. The second-order valence-corrected chi connectivity index (χ2v) is 12.1. The Labute approximate surface area is 267 Å². The molecule has 2 saturated heterocycles. The van der Waals surface area contributed by atoms with E-state index >= 15 is 0 Å². The quantitative estimate of drug-likeness (QED) is 0.313. The average Bonchev–Trinajstić information content (AvgIpc) is 3.29. The second kappa shape index (κ2) is 16.3. The maximum atomic E-state index is 13.7. The second-order valence-electron chi connectivity index (χ2n) is 12.1. The Kier molecular flexibility index (Phi) is 11.8. The Morgan fingerprint density at radius 1 is 0.778 bits per heavy atom. The summed E-state index contributed by atoms with van der Waals surface area (Å²) in [5, 5.41) is 0. The molecule has 3 aromatic carbocycles. The molecular formula is C37H46N4O4. The van der Waals surface area contributed by atoms with E-state index in [2.05, 4.69) is 4.90 Å². The third-order valence-corrected chi connectivity index (χ3v) is 8.90. The number of rotatable bonds is 11. The maximum absolute atomic E-state index is 13.7. The highest BCUT2D eigenvalue weighted by Crippen LogP contribution is 2.25. The van der Waals surface area contributed by atoms with Gasteiger partial charge in [0.15, 0.2) is 0 Å². The van der Waals surface area contributed by atoms with E-state index in [-0.39, 0.29) is 36.4 Å². The molecule has 0 aliphatic carbocycles. The molecule has 238 valence electrons. The number of amides is 3. The van der Waals surface area contributed by atoms with E-state index in [0.717, 1.165) is 49.2 Å². The highest BCUT2D eigenvalue weighted by molar-refractivity contribution is 5.93. The van der Waals surface area contributed by atoms with Crippen molar-refractivity contribution in [3.8, 4) is 0 Å². The number of carbonyl (C=O) groups is 3. The average molecular weight is 611 g/mol. The standard InChI is InChI=1S/C37H46N4O4/c1-2-35(42)41(32-17-10-5-11-18-32)33-19-23-38(24-20-33)26-34-27-39(37(44)29-45-28-31-15-8-4-9-16-31)21-12-22-40(34)36(43)25-30-13-6-3-7-14-30/h3-11,13-18,33-34H,2,12,19-29H2,1H3. The molecule has 0 bridgehead atoms. The minimum atomic E-state index is -0.124. The van der Waals surface area contributed by atoms with Crippen LogP contribution in [-0.4, -0.2) is 90.4 Å². The van der Waals surface area contributed by atoms with Gasteiger partial charge in [-0.3, -0.25) is 14.4 Å². The molecule has 5 rings (SSSR count). The minimum absolute atomic E-state index is 0.0196. The van der Waals surface area contributed by atoms with Crippen LogP contribution in [0.25, 0.3) is 0 Å². The minimum Gasteiger partial charge on any atom is -0.367 e. The summed E-state index contributed by atoms with van der Waals surface area (Å²) in [6, 6.07) is 29.7. The molecule has 1 atom stereocenters. The van der Waals surface area contributed by atoms with Gasteiger partial charge in [-0.25, -0.2) is 0 Å². The molecule has 1 unspecified atom stereocenters. The summed E-state index contributed by atoms with van der Waals surface area (Å²) in [4.78, 5) is 48.3. The lowest BCUT2D eigenvalue weighted by atomic mass is 10.0. The molecule has 3 aromatic rings. The fourth-order valence-electron chi connectivity index (χ4n) is 6.54. The lowest BCUT2D eigenvalue weighted by molar-refractivity contribution is -0.139. The van der Waals surface area contributed by atoms with Gasteiger partial charge in [-0.2, -0.15) is 0 Å². The van der Waals surface area contributed by atoms with E-state index in [1.165, 1.54) is 0 Å². The zero-order valence-electron chi connectivity index (χ0n) is 26.4. The lowest BCUT2D eigenvalue weighted by Gasteiger charge is -2.41. The number of ether oxygens (including phenoxy) is 1. The number of piperidine rings is 1. The number of hydrogen-bond acceptors (Lipinski definition) is 5. The zero-order valence-corrected chi connectivity index (χ0v) is 26.4. The van der Waals surface area contributed by atoms with Crippen molar-refractivity contribution >= 4 is 23.4 Å². The molecule has 45 heavy (non-hydrogen) atoms. The summed E-state index contributed by atoms with van der Waals surface area (Å²) in [5.41, 5.74) is 2.98. The summed E-state index contributed by atoms with van der Waals surface area (Å²) in [6.07, 6.45) is 3.27. The molecule has 2 fully saturated rings. The number of para-hydroxylation sites is 1. The molecular weight excluding hydrogens is 564 g/mol. The van der Waals surface area contributed by atoms with Crippen LogP contribution in [0.5, 0.6) is 0 Å². The monoisotopic (exact) mass is 610 g/mol. The van der Waals surface area contributed by atoms with Crippen molar-refractivity contribution < 1.29 is 19.1 Å². The topological polar surface area (TPSA) is 73.4 Å². The molecule has 8 heteroatoms. The van der Waals surface area contributed by atoms with Crippen LogP contribution in [-0.2, 0) is 32.1 Å². The van der Waals surface area contributed by atoms with Crippen molar-refractivity contribution in [2.45, 2.75) is 57.7 Å². The van der Waals surface area contributed by atoms with Gasteiger partial charge in [-0.1, -0.05) is 85.8 Å². The van der Waals surface area contributed by atoms with E-state index in [1.54, 1.807) is 0 Å². The van der Waals surface area contributed by atoms with Crippen LogP contribution in [0, 0.1) is 0 Å². The van der Waals surface area contributed by atoms with Gasteiger partial charge < -0.3 is 24.3 Å². The van der Waals surface area contributed by atoms with Gasteiger partial charge in [0, 0.05) is 57.4 Å². The summed E-state index contributed by atoms with van der Waals surface area (Å²) in [7, 11) is 0. The Morgan fingerprint density at radius 2 is 1.40 bits per heavy atom. The summed E-state index contributed by atoms with van der Waals surface area (Å²) in [5.74, 6) is 0.202. The predicted molar refractivity (Wildman–Crippen MR) is 177 cm³/mol. The molecule has 8 nitrogen and oxygen atoms in total. The van der Waals surface area contributed by atoms with Crippen LogP contribution >= 0.6 is 0 Å². The first kappa shape index (κ1) is 32.4. The van der Waals surface area contributed by atoms with E-state index < -0.39 is 0 Å². The fourth-order valence-corrected chi connectivity index (χ4v) is 6.54. The number of carbonyl (C=O) groups excluding carboxylic acids is 3. The van der Waals surface area contributed by atoms with Crippen LogP contribution in [0.3, 0.4) is 0 Å². The van der Waals surface area contributed by atoms with Crippen molar-refractivity contribution in [2.75, 3.05) is 50.8 Å². The first-order chi connectivity index (χ1) is 22.0. The Morgan fingerprint density at radius 3 is 2.04 bits per heavy atom. The van der Waals surface area contributed by atoms with Gasteiger partial charge in [-0.15, -0.1) is 0 Å². The van der Waals surface area contributed by atoms with Crippen molar-refractivity contribution in [3.63, 3.8) is 0 Å². The number of nitrogens with zero attached hydrogens (tertiary/aromatic N) is 4. The number of hydrogen-bond donors (Lipinski definition) is 0. The van der Waals surface area contributed by atoms with Crippen molar-refractivity contribution in [1.29, 1.82) is 0 Å². The summed E-state index contributed by atoms with van der Waals surface area (Å²) < 4.78 is 5.80. The number of likely N-dealkylation sites (tertiary alicyclic amines) is 1. The van der Waals surface area contributed by atoms with Crippen molar-refractivity contribution in [3.05, 3.63) is 102 Å². The highest BCUT2D eigenvalue weighted by atomic mass is 16.5. The first-order valence-electron chi connectivity index (χ1n) is 16.3. The zero-order chi connectivity index (χ0) is 31.4. The SMILES string of the molecule is CCC(=O)N(c1ccccc1)C1CCN(CC2CN(C(=O)COCc3ccccc3)CCCN2C(=O)Cc2ccccc2)CC1. The molecule has 2 aliphatic heterocycles. The Hall–Kier alpha value is -4.01. The molecule has 0 radical (unpaired) electrons. The van der Waals surface area contributed by atoms with Crippen molar-refractivity contribution in [2.24, 2.45) is 0 Å². The third kappa shape index (κ3) is 9.02. The smallest absolute Gasteiger partial charge is 0.248 e. The predicted octanol–water partition coefficient (Wildman–Crippen LogP) is 4.78. The van der Waals surface area contributed by atoms with E-state index in [4.69, 9.17) is 4.74 Å². The van der Waals surface area contributed by atoms with Gasteiger partial charge in [-0.05, 0) is 42.5 Å². The van der Waals surface area contributed by atoms with Gasteiger partial charge in [0.25, 0.3) is 0 Å². The molecule has 0 N–H and O–H groups in total. The molecule has 2 aliphatic rings. The Balaban J connectivity index is 1.25. The molecule has 2 heterocycles. The summed E-state index contributed by atoms with van der Waals surface area (Å²) in [6.45, 7) is 6.38. The highest BCUT2D eigenvalue weighted by Gasteiger charge is 2.34. The maximum Gasteiger partial charge on any atom is 0.248 e. The molecule has 0 saturated carbocycles. The molecule has 0 aromatic heterocycles. The normalized spacial score (nSPS) is 17.9. The largest absolute Gasteiger partial charge is 0.367 e. The van der Waals surface area contributed by atoms with Crippen LogP contribution in [0.4, 0.5) is 5.69 Å². The van der Waals surface area contributed by atoms with Gasteiger partial charge >= 0.3 is 0 Å². The number of anilines is 1. The summed E-state index contributed by atoms with van der Waals surface area (Å²) >= 11 is 0. The van der Waals surface area contributed by atoms with Gasteiger partial charge in [0.2, 0.25) is 17.7 Å². The van der Waals surface area contributed by atoms with E-state index in [9.17, 15) is 14.4 Å². The number of benzene rings is 3.